The average Bonchev–Trinajstić information content (AvgIpc) is 2.89. The highest BCUT2D eigenvalue weighted by Gasteiger charge is 2.22. The fraction of sp³-hybridized carbons (Fsp3) is 0.444. The minimum atomic E-state index is 0.170. The first-order valence-corrected chi connectivity index (χ1v) is 8.62. The van der Waals surface area contributed by atoms with Crippen molar-refractivity contribution in [2.75, 3.05) is 6.54 Å². The Kier molecular flexibility index (Phi) is 5.13. The Hall–Kier alpha value is -0.830. The van der Waals surface area contributed by atoms with Gasteiger partial charge in [0.1, 0.15) is 0 Å². The number of hydrogen-bond acceptors (Lipinski definition) is 2. The highest BCUT2D eigenvalue weighted by atomic mass is 35.5. The molecule has 0 radical (unpaired) electrons. The van der Waals surface area contributed by atoms with E-state index in [2.05, 4.69) is 70.3 Å². The molecule has 0 saturated heterocycles. The van der Waals surface area contributed by atoms with Crippen LogP contribution in [0.2, 0.25) is 5.02 Å². The Morgan fingerprint density at radius 3 is 2.48 bits per heavy atom. The molecule has 21 heavy (non-hydrogen) atoms. The molecule has 1 nitrogen and oxygen atoms in total. The molecule has 1 heterocycles. The van der Waals surface area contributed by atoms with Gasteiger partial charge in [0.2, 0.25) is 0 Å². The Morgan fingerprint density at radius 2 is 1.90 bits per heavy atom. The Labute approximate surface area is 137 Å². The van der Waals surface area contributed by atoms with E-state index in [0.717, 1.165) is 17.1 Å². The van der Waals surface area contributed by atoms with E-state index in [-0.39, 0.29) is 11.5 Å². The van der Waals surface area contributed by atoms with Crippen molar-refractivity contribution in [3.8, 4) is 0 Å². The molecular formula is C18H24ClNS. The van der Waals surface area contributed by atoms with Crippen LogP contribution in [-0.2, 0) is 5.41 Å². The van der Waals surface area contributed by atoms with Gasteiger partial charge in [-0.05, 0) is 42.1 Å². The van der Waals surface area contributed by atoms with Crippen molar-refractivity contribution < 1.29 is 0 Å². The largest absolute Gasteiger partial charge is 0.306 e. The summed E-state index contributed by atoms with van der Waals surface area (Å²) in [6.07, 6.45) is 0. The van der Waals surface area contributed by atoms with E-state index in [1.54, 1.807) is 0 Å². The van der Waals surface area contributed by atoms with E-state index < -0.39 is 0 Å². The molecule has 0 bridgehead atoms. The summed E-state index contributed by atoms with van der Waals surface area (Å²) in [7, 11) is 0. The third kappa shape index (κ3) is 3.68. The van der Waals surface area contributed by atoms with E-state index in [1.807, 2.05) is 11.3 Å². The summed E-state index contributed by atoms with van der Waals surface area (Å²) in [5.74, 6) is 0. The van der Waals surface area contributed by atoms with Crippen molar-refractivity contribution in [1.82, 2.24) is 5.32 Å². The fourth-order valence-corrected chi connectivity index (χ4v) is 3.77. The molecule has 0 aliphatic carbocycles. The first kappa shape index (κ1) is 16.5. The summed E-state index contributed by atoms with van der Waals surface area (Å²) in [6, 6.07) is 10.9. The maximum Gasteiger partial charge on any atom is 0.0685 e. The van der Waals surface area contributed by atoms with Crippen molar-refractivity contribution in [2.24, 2.45) is 0 Å². The topological polar surface area (TPSA) is 12.0 Å². The standard InChI is InChI=1S/C18H24ClNS/c1-6-20-17(13-9-7-8-12(2)16(13)19)14-10-11-15(21-14)18(3,4)5/h7-11,17,20H,6H2,1-5H3. The van der Waals surface area contributed by atoms with Gasteiger partial charge in [-0.2, -0.15) is 0 Å². The van der Waals surface area contributed by atoms with Crippen molar-refractivity contribution in [3.63, 3.8) is 0 Å². The molecule has 1 aromatic carbocycles. The second kappa shape index (κ2) is 6.51. The molecule has 1 aromatic heterocycles. The molecular weight excluding hydrogens is 298 g/mol. The molecule has 0 aliphatic rings. The van der Waals surface area contributed by atoms with Gasteiger partial charge in [0.15, 0.2) is 0 Å². The lowest BCUT2D eigenvalue weighted by Crippen LogP contribution is -2.21. The van der Waals surface area contributed by atoms with Crippen LogP contribution in [0.1, 0.15) is 54.6 Å². The van der Waals surface area contributed by atoms with Gasteiger partial charge in [0, 0.05) is 14.8 Å². The molecule has 2 aromatic rings. The molecule has 1 N–H and O–H groups in total. The minimum Gasteiger partial charge on any atom is -0.306 e. The molecule has 0 saturated carbocycles. The van der Waals surface area contributed by atoms with Gasteiger partial charge in [-0.3, -0.25) is 0 Å². The molecule has 1 atom stereocenters. The number of aryl methyl sites for hydroxylation is 1. The van der Waals surface area contributed by atoms with Crippen LogP contribution in [0.3, 0.4) is 0 Å². The quantitative estimate of drug-likeness (QED) is 0.761. The maximum absolute atomic E-state index is 6.53. The van der Waals surface area contributed by atoms with Gasteiger partial charge in [-0.25, -0.2) is 0 Å². The van der Waals surface area contributed by atoms with Crippen LogP contribution >= 0.6 is 22.9 Å². The second-order valence-electron chi connectivity index (χ2n) is 6.42. The summed E-state index contributed by atoms with van der Waals surface area (Å²) >= 11 is 8.41. The number of nitrogens with one attached hydrogen (secondary N) is 1. The summed E-state index contributed by atoms with van der Waals surface area (Å²) in [6.45, 7) is 11.9. The third-order valence-electron chi connectivity index (χ3n) is 3.59. The zero-order chi connectivity index (χ0) is 15.6. The van der Waals surface area contributed by atoms with Crippen molar-refractivity contribution in [1.29, 1.82) is 0 Å². The lowest BCUT2D eigenvalue weighted by Gasteiger charge is -2.20. The summed E-state index contributed by atoms with van der Waals surface area (Å²) in [5.41, 5.74) is 2.49. The SMILES string of the molecule is CCNC(c1ccc(C(C)(C)C)s1)c1cccc(C)c1Cl. The normalized spacial score (nSPS) is 13.4. The predicted octanol–water partition coefficient (Wildman–Crippen LogP) is 5.71. The highest BCUT2D eigenvalue weighted by Crippen LogP contribution is 2.37. The van der Waals surface area contributed by atoms with Gasteiger partial charge >= 0.3 is 0 Å². The van der Waals surface area contributed by atoms with Gasteiger partial charge in [-0.15, -0.1) is 11.3 Å². The molecule has 2 rings (SSSR count). The van der Waals surface area contributed by atoms with Crippen LogP contribution in [0, 0.1) is 6.92 Å². The van der Waals surface area contributed by atoms with Crippen LogP contribution in [0.25, 0.3) is 0 Å². The first-order chi connectivity index (χ1) is 9.84. The Bertz CT molecular complexity index is 610. The number of benzene rings is 1. The molecule has 1 unspecified atom stereocenters. The zero-order valence-corrected chi connectivity index (χ0v) is 15.0. The smallest absolute Gasteiger partial charge is 0.0685 e. The predicted molar refractivity (Wildman–Crippen MR) is 94.7 cm³/mol. The lowest BCUT2D eigenvalue weighted by atomic mass is 9.95. The third-order valence-corrected chi connectivity index (χ3v) is 5.68. The van der Waals surface area contributed by atoms with Crippen molar-refractivity contribution in [2.45, 2.75) is 46.1 Å². The Balaban J connectivity index is 2.44. The van der Waals surface area contributed by atoms with Crippen molar-refractivity contribution in [3.05, 3.63) is 56.2 Å². The van der Waals surface area contributed by atoms with Crippen LogP contribution in [-0.4, -0.2) is 6.54 Å². The van der Waals surface area contributed by atoms with Crippen molar-refractivity contribution >= 4 is 22.9 Å². The molecule has 0 aliphatic heterocycles. The molecule has 114 valence electrons. The van der Waals surface area contributed by atoms with E-state index in [1.165, 1.54) is 15.3 Å². The number of hydrogen-bond donors (Lipinski definition) is 1. The highest BCUT2D eigenvalue weighted by molar-refractivity contribution is 7.12. The van der Waals surface area contributed by atoms with Gasteiger partial charge in [0.25, 0.3) is 0 Å². The van der Waals surface area contributed by atoms with E-state index in [9.17, 15) is 0 Å². The average molecular weight is 322 g/mol. The number of rotatable bonds is 4. The lowest BCUT2D eigenvalue weighted by molar-refractivity contribution is 0.604. The first-order valence-electron chi connectivity index (χ1n) is 7.43. The van der Waals surface area contributed by atoms with Gasteiger partial charge in [0.05, 0.1) is 6.04 Å². The van der Waals surface area contributed by atoms with Gasteiger partial charge < -0.3 is 5.32 Å². The molecule has 3 heteroatoms. The summed E-state index contributed by atoms with van der Waals surface area (Å²) < 4.78 is 0. The van der Waals surface area contributed by atoms with E-state index in [4.69, 9.17) is 11.6 Å². The van der Waals surface area contributed by atoms with E-state index >= 15 is 0 Å². The van der Waals surface area contributed by atoms with E-state index in [0.29, 0.717) is 0 Å². The minimum absolute atomic E-state index is 0.170. The van der Waals surface area contributed by atoms with Gasteiger partial charge in [-0.1, -0.05) is 57.5 Å². The van der Waals surface area contributed by atoms with Crippen LogP contribution in [0.4, 0.5) is 0 Å². The maximum atomic E-state index is 6.53. The van der Waals surface area contributed by atoms with Crippen LogP contribution in [0.15, 0.2) is 30.3 Å². The molecule has 0 spiro atoms. The summed E-state index contributed by atoms with van der Waals surface area (Å²) in [4.78, 5) is 2.73. The summed E-state index contributed by atoms with van der Waals surface area (Å²) in [5, 5.41) is 4.44. The molecule has 0 amide bonds. The fourth-order valence-electron chi connectivity index (χ4n) is 2.37. The van der Waals surface area contributed by atoms with Crippen LogP contribution < -0.4 is 5.32 Å². The van der Waals surface area contributed by atoms with Crippen LogP contribution in [0.5, 0.6) is 0 Å². The molecule has 0 fully saturated rings. The monoisotopic (exact) mass is 321 g/mol. The second-order valence-corrected chi connectivity index (χ2v) is 7.91. The Morgan fingerprint density at radius 1 is 1.19 bits per heavy atom. The number of thiophene rings is 1. The number of halogens is 1. The zero-order valence-electron chi connectivity index (χ0n) is 13.5.